The minimum absolute atomic E-state index is 0.673. The summed E-state index contributed by atoms with van der Waals surface area (Å²) in [5.74, 6) is 1.80. The molecule has 3 rings (SSSR count). The number of thioether (sulfide) groups is 1. The summed E-state index contributed by atoms with van der Waals surface area (Å²) in [5.41, 5.74) is 2.45. The SMILES string of the molecule is COc1ccc(Br)cc1CSc1ccccc1COCCN1CCCC1. The number of hydrogen-bond donors (Lipinski definition) is 0. The van der Waals surface area contributed by atoms with Crippen LogP contribution in [0.1, 0.15) is 24.0 Å². The van der Waals surface area contributed by atoms with E-state index in [-0.39, 0.29) is 0 Å². The molecule has 1 saturated heterocycles. The Morgan fingerprint density at radius 2 is 1.88 bits per heavy atom. The average Bonchev–Trinajstić information content (AvgIpc) is 3.18. The Kier molecular flexibility index (Phi) is 7.86. The number of halogens is 1. The first kappa shape index (κ1) is 19.7. The van der Waals surface area contributed by atoms with Gasteiger partial charge in [-0.05, 0) is 55.8 Å². The molecule has 0 saturated carbocycles. The van der Waals surface area contributed by atoms with Gasteiger partial charge in [0.2, 0.25) is 0 Å². The molecule has 0 aliphatic carbocycles. The van der Waals surface area contributed by atoms with Crippen molar-refractivity contribution >= 4 is 27.7 Å². The molecule has 140 valence electrons. The molecule has 0 unspecified atom stereocenters. The third-order valence-electron chi connectivity index (χ3n) is 4.61. The van der Waals surface area contributed by atoms with Gasteiger partial charge in [-0.3, -0.25) is 0 Å². The van der Waals surface area contributed by atoms with Crippen LogP contribution in [-0.4, -0.2) is 38.3 Å². The first-order chi connectivity index (χ1) is 12.8. The molecule has 0 radical (unpaired) electrons. The zero-order chi connectivity index (χ0) is 18.2. The predicted molar refractivity (Wildman–Crippen MR) is 112 cm³/mol. The van der Waals surface area contributed by atoms with Gasteiger partial charge in [0.15, 0.2) is 0 Å². The molecule has 2 aromatic rings. The van der Waals surface area contributed by atoms with E-state index in [4.69, 9.17) is 9.47 Å². The molecular formula is C21H26BrNO2S. The number of hydrogen-bond acceptors (Lipinski definition) is 4. The lowest BCUT2D eigenvalue weighted by atomic mass is 10.2. The highest BCUT2D eigenvalue weighted by molar-refractivity contribution is 9.10. The Morgan fingerprint density at radius 1 is 1.08 bits per heavy atom. The van der Waals surface area contributed by atoms with Gasteiger partial charge in [-0.15, -0.1) is 11.8 Å². The van der Waals surface area contributed by atoms with Gasteiger partial charge in [0.1, 0.15) is 5.75 Å². The lowest BCUT2D eigenvalue weighted by Crippen LogP contribution is -2.23. The molecule has 0 spiro atoms. The lowest BCUT2D eigenvalue weighted by molar-refractivity contribution is 0.0980. The highest BCUT2D eigenvalue weighted by Crippen LogP contribution is 2.32. The van der Waals surface area contributed by atoms with Crippen LogP contribution in [0.3, 0.4) is 0 Å². The van der Waals surface area contributed by atoms with E-state index in [1.807, 2.05) is 23.9 Å². The highest BCUT2D eigenvalue weighted by Gasteiger charge is 2.11. The van der Waals surface area contributed by atoms with Crippen molar-refractivity contribution in [1.82, 2.24) is 4.90 Å². The normalized spacial score (nSPS) is 14.7. The van der Waals surface area contributed by atoms with Crippen molar-refractivity contribution in [2.75, 3.05) is 33.4 Å². The zero-order valence-corrected chi connectivity index (χ0v) is 17.7. The maximum atomic E-state index is 5.95. The van der Waals surface area contributed by atoms with Crippen molar-refractivity contribution in [1.29, 1.82) is 0 Å². The van der Waals surface area contributed by atoms with Crippen molar-refractivity contribution in [3.05, 3.63) is 58.1 Å². The van der Waals surface area contributed by atoms with Crippen molar-refractivity contribution in [3.63, 3.8) is 0 Å². The molecule has 1 fully saturated rings. The number of benzene rings is 2. The van der Waals surface area contributed by atoms with Crippen LogP contribution in [0.4, 0.5) is 0 Å². The van der Waals surface area contributed by atoms with E-state index in [1.54, 1.807) is 7.11 Å². The molecule has 0 bridgehead atoms. The second-order valence-corrected chi connectivity index (χ2v) is 8.39. The first-order valence-corrected chi connectivity index (χ1v) is 10.9. The third kappa shape index (κ3) is 5.74. The summed E-state index contributed by atoms with van der Waals surface area (Å²) in [7, 11) is 1.72. The van der Waals surface area contributed by atoms with Gasteiger partial charge >= 0.3 is 0 Å². The summed E-state index contributed by atoms with van der Waals surface area (Å²) in [6.07, 6.45) is 2.66. The molecule has 1 aliphatic rings. The fraction of sp³-hybridized carbons (Fsp3) is 0.429. The van der Waals surface area contributed by atoms with E-state index in [0.717, 1.165) is 29.1 Å². The summed E-state index contributed by atoms with van der Waals surface area (Å²) in [6, 6.07) is 14.7. The van der Waals surface area contributed by atoms with Crippen molar-refractivity contribution < 1.29 is 9.47 Å². The van der Waals surface area contributed by atoms with Crippen LogP contribution in [0.5, 0.6) is 5.75 Å². The summed E-state index contributed by atoms with van der Waals surface area (Å²) in [5, 5.41) is 0. The van der Waals surface area contributed by atoms with Crippen molar-refractivity contribution in [2.45, 2.75) is 30.1 Å². The largest absolute Gasteiger partial charge is 0.496 e. The van der Waals surface area contributed by atoms with E-state index >= 15 is 0 Å². The molecule has 2 aromatic carbocycles. The number of nitrogens with zero attached hydrogens (tertiary/aromatic N) is 1. The van der Waals surface area contributed by atoms with Crippen LogP contribution in [0, 0.1) is 0 Å². The van der Waals surface area contributed by atoms with E-state index in [2.05, 4.69) is 51.2 Å². The fourth-order valence-electron chi connectivity index (χ4n) is 3.16. The Bertz CT molecular complexity index is 704. The molecule has 1 heterocycles. The molecular weight excluding hydrogens is 410 g/mol. The minimum atomic E-state index is 0.673. The van der Waals surface area contributed by atoms with Gasteiger partial charge in [0, 0.05) is 27.2 Å². The van der Waals surface area contributed by atoms with Crippen LogP contribution in [-0.2, 0) is 17.1 Å². The molecule has 0 aromatic heterocycles. The van der Waals surface area contributed by atoms with Crippen LogP contribution < -0.4 is 4.74 Å². The number of rotatable bonds is 9. The Balaban J connectivity index is 1.54. The van der Waals surface area contributed by atoms with Crippen LogP contribution in [0.25, 0.3) is 0 Å². The Morgan fingerprint density at radius 3 is 2.69 bits per heavy atom. The van der Waals surface area contributed by atoms with Crippen LogP contribution in [0.15, 0.2) is 51.8 Å². The van der Waals surface area contributed by atoms with Gasteiger partial charge in [-0.1, -0.05) is 34.1 Å². The zero-order valence-electron chi connectivity index (χ0n) is 15.2. The number of methoxy groups -OCH3 is 1. The maximum Gasteiger partial charge on any atom is 0.122 e. The van der Waals surface area contributed by atoms with Crippen LogP contribution in [0.2, 0.25) is 0 Å². The van der Waals surface area contributed by atoms with Crippen LogP contribution >= 0.6 is 27.7 Å². The number of ether oxygens (including phenoxy) is 2. The molecule has 0 amide bonds. The van der Waals surface area contributed by atoms with Crippen molar-refractivity contribution in [3.8, 4) is 5.75 Å². The predicted octanol–water partition coefficient (Wildman–Crippen LogP) is 5.36. The molecule has 26 heavy (non-hydrogen) atoms. The van der Waals surface area contributed by atoms with Gasteiger partial charge in [-0.2, -0.15) is 0 Å². The van der Waals surface area contributed by atoms with E-state index in [9.17, 15) is 0 Å². The number of likely N-dealkylation sites (tertiary alicyclic amines) is 1. The van der Waals surface area contributed by atoms with E-state index in [1.165, 1.54) is 42.0 Å². The molecule has 5 heteroatoms. The quantitative estimate of drug-likeness (QED) is 0.390. The Hall–Kier alpha value is -1.01. The summed E-state index contributed by atoms with van der Waals surface area (Å²) < 4.78 is 12.5. The lowest BCUT2D eigenvalue weighted by Gasteiger charge is -2.15. The standard InChI is InChI=1S/C21H26BrNO2S/c1-24-20-9-8-19(22)14-18(20)16-26-21-7-3-2-6-17(21)15-25-13-12-23-10-4-5-11-23/h2-3,6-9,14H,4-5,10-13,15-16H2,1H3. The van der Waals surface area contributed by atoms with Gasteiger partial charge in [-0.25, -0.2) is 0 Å². The summed E-state index contributed by atoms with van der Waals surface area (Å²) >= 11 is 5.38. The fourth-order valence-corrected chi connectivity index (χ4v) is 4.59. The molecule has 0 atom stereocenters. The highest BCUT2D eigenvalue weighted by atomic mass is 79.9. The maximum absolute atomic E-state index is 5.95. The smallest absolute Gasteiger partial charge is 0.122 e. The Labute approximate surface area is 169 Å². The van der Waals surface area contributed by atoms with Gasteiger partial charge in [0.25, 0.3) is 0 Å². The molecule has 3 nitrogen and oxygen atoms in total. The molecule has 1 aliphatic heterocycles. The van der Waals surface area contributed by atoms with Gasteiger partial charge in [0.05, 0.1) is 20.3 Å². The third-order valence-corrected chi connectivity index (χ3v) is 6.26. The average molecular weight is 436 g/mol. The summed E-state index contributed by atoms with van der Waals surface area (Å²) in [4.78, 5) is 3.76. The topological polar surface area (TPSA) is 21.7 Å². The first-order valence-electron chi connectivity index (χ1n) is 9.09. The van der Waals surface area contributed by atoms with Gasteiger partial charge < -0.3 is 14.4 Å². The monoisotopic (exact) mass is 435 g/mol. The van der Waals surface area contributed by atoms with E-state index in [0.29, 0.717) is 6.61 Å². The second kappa shape index (κ2) is 10.4. The molecule has 0 N–H and O–H groups in total. The summed E-state index contributed by atoms with van der Waals surface area (Å²) in [6.45, 7) is 4.98. The van der Waals surface area contributed by atoms with E-state index < -0.39 is 0 Å². The van der Waals surface area contributed by atoms with Crippen molar-refractivity contribution in [2.24, 2.45) is 0 Å². The minimum Gasteiger partial charge on any atom is -0.496 e. The second-order valence-electron chi connectivity index (χ2n) is 6.45.